The molecule has 0 aliphatic carbocycles. The Hall–Kier alpha value is -0.280. The van der Waals surface area contributed by atoms with Crippen LogP contribution in [0.5, 0.6) is 0 Å². The Balaban J connectivity index is 2.42. The first-order valence-corrected chi connectivity index (χ1v) is 5.62. The SMILES string of the molecule is CC(CCl)NC(=O)C1CCOCC1C. The molecule has 0 radical (unpaired) electrons. The number of nitrogens with one attached hydrogen (secondary N) is 1. The normalized spacial score (nSPS) is 29.6. The molecule has 0 aromatic carbocycles. The smallest absolute Gasteiger partial charge is 0.223 e. The number of hydrogen-bond donors (Lipinski definition) is 1. The molecule has 3 atom stereocenters. The van der Waals surface area contributed by atoms with Gasteiger partial charge in [0.25, 0.3) is 0 Å². The van der Waals surface area contributed by atoms with Gasteiger partial charge in [0.15, 0.2) is 0 Å². The number of amides is 1. The number of halogens is 1. The fourth-order valence-corrected chi connectivity index (χ4v) is 1.74. The van der Waals surface area contributed by atoms with Crippen molar-refractivity contribution in [2.75, 3.05) is 19.1 Å². The highest BCUT2D eigenvalue weighted by molar-refractivity contribution is 6.18. The molecule has 1 saturated heterocycles. The average molecular weight is 220 g/mol. The van der Waals surface area contributed by atoms with E-state index in [0.717, 1.165) is 6.42 Å². The second-order valence-corrected chi connectivity index (χ2v) is 4.32. The van der Waals surface area contributed by atoms with Crippen molar-refractivity contribution in [1.29, 1.82) is 0 Å². The molecule has 0 aromatic heterocycles. The lowest BCUT2D eigenvalue weighted by Crippen LogP contribution is -2.43. The predicted octanol–water partition coefficient (Wildman–Crippen LogP) is 1.40. The van der Waals surface area contributed by atoms with E-state index in [9.17, 15) is 4.79 Å². The summed E-state index contributed by atoms with van der Waals surface area (Å²) in [5.41, 5.74) is 0. The summed E-state index contributed by atoms with van der Waals surface area (Å²) >= 11 is 5.63. The lowest BCUT2D eigenvalue weighted by atomic mass is 9.89. The zero-order valence-electron chi connectivity index (χ0n) is 8.75. The lowest BCUT2D eigenvalue weighted by Gasteiger charge is -2.28. The summed E-state index contributed by atoms with van der Waals surface area (Å²) in [6, 6.07) is 0.0548. The van der Waals surface area contributed by atoms with Gasteiger partial charge in [0.1, 0.15) is 0 Å². The Morgan fingerprint density at radius 3 is 3.00 bits per heavy atom. The van der Waals surface area contributed by atoms with Gasteiger partial charge in [-0.1, -0.05) is 6.92 Å². The van der Waals surface area contributed by atoms with Crippen LogP contribution in [0.25, 0.3) is 0 Å². The molecule has 0 spiro atoms. The molecule has 1 N–H and O–H groups in total. The molecule has 3 nitrogen and oxygen atoms in total. The average Bonchev–Trinajstić information content (AvgIpc) is 2.18. The van der Waals surface area contributed by atoms with Crippen LogP contribution in [0.1, 0.15) is 20.3 Å². The number of hydrogen-bond acceptors (Lipinski definition) is 2. The molecular weight excluding hydrogens is 202 g/mol. The molecule has 1 heterocycles. The van der Waals surface area contributed by atoms with E-state index in [1.54, 1.807) is 0 Å². The summed E-state index contributed by atoms with van der Waals surface area (Å²) < 4.78 is 5.29. The van der Waals surface area contributed by atoms with Crippen molar-refractivity contribution in [2.45, 2.75) is 26.3 Å². The van der Waals surface area contributed by atoms with E-state index >= 15 is 0 Å². The van der Waals surface area contributed by atoms with Crippen LogP contribution in [-0.2, 0) is 9.53 Å². The zero-order chi connectivity index (χ0) is 10.6. The molecule has 1 fully saturated rings. The van der Waals surface area contributed by atoms with Gasteiger partial charge in [-0.15, -0.1) is 11.6 Å². The van der Waals surface area contributed by atoms with Crippen molar-refractivity contribution in [3.63, 3.8) is 0 Å². The van der Waals surface area contributed by atoms with Crippen molar-refractivity contribution in [3.05, 3.63) is 0 Å². The number of alkyl halides is 1. The summed E-state index contributed by atoms with van der Waals surface area (Å²) in [6.45, 7) is 5.34. The van der Waals surface area contributed by atoms with E-state index in [0.29, 0.717) is 25.0 Å². The van der Waals surface area contributed by atoms with Crippen LogP contribution in [-0.4, -0.2) is 31.0 Å². The van der Waals surface area contributed by atoms with Crippen LogP contribution in [0.4, 0.5) is 0 Å². The Morgan fingerprint density at radius 2 is 2.43 bits per heavy atom. The topological polar surface area (TPSA) is 38.3 Å². The lowest BCUT2D eigenvalue weighted by molar-refractivity contribution is -0.131. The molecule has 1 aliphatic rings. The molecule has 4 heteroatoms. The van der Waals surface area contributed by atoms with Gasteiger partial charge in [-0.05, 0) is 19.3 Å². The first-order chi connectivity index (χ1) is 6.65. The summed E-state index contributed by atoms with van der Waals surface area (Å²) in [5.74, 6) is 0.984. The van der Waals surface area contributed by atoms with Crippen LogP contribution < -0.4 is 5.32 Å². The number of ether oxygens (including phenoxy) is 1. The third-order valence-corrected chi connectivity index (χ3v) is 3.06. The van der Waals surface area contributed by atoms with Crippen LogP contribution in [0.2, 0.25) is 0 Å². The van der Waals surface area contributed by atoms with Crippen molar-refractivity contribution >= 4 is 17.5 Å². The minimum atomic E-state index is 0.0548. The second kappa shape index (κ2) is 5.56. The molecule has 82 valence electrons. The maximum atomic E-state index is 11.8. The Morgan fingerprint density at radius 1 is 1.71 bits per heavy atom. The zero-order valence-corrected chi connectivity index (χ0v) is 9.51. The van der Waals surface area contributed by atoms with Crippen LogP contribution >= 0.6 is 11.6 Å². The monoisotopic (exact) mass is 219 g/mol. The second-order valence-electron chi connectivity index (χ2n) is 4.01. The Labute approximate surface area is 90.1 Å². The van der Waals surface area contributed by atoms with Gasteiger partial charge in [-0.25, -0.2) is 0 Å². The minimum Gasteiger partial charge on any atom is -0.381 e. The van der Waals surface area contributed by atoms with E-state index < -0.39 is 0 Å². The molecule has 1 aliphatic heterocycles. The van der Waals surface area contributed by atoms with Gasteiger partial charge in [0.05, 0.1) is 0 Å². The Kier molecular flexibility index (Phi) is 4.69. The summed E-state index contributed by atoms with van der Waals surface area (Å²) in [4.78, 5) is 11.8. The van der Waals surface area contributed by atoms with Gasteiger partial charge < -0.3 is 10.1 Å². The minimum absolute atomic E-state index is 0.0548. The van der Waals surface area contributed by atoms with Crippen LogP contribution in [0.3, 0.4) is 0 Å². The van der Waals surface area contributed by atoms with Crippen molar-refractivity contribution in [2.24, 2.45) is 11.8 Å². The third kappa shape index (κ3) is 3.14. The highest BCUT2D eigenvalue weighted by Crippen LogP contribution is 2.21. The first-order valence-electron chi connectivity index (χ1n) is 5.09. The Bertz CT molecular complexity index is 199. The predicted molar refractivity (Wildman–Crippen MR) is 56.4 cm³/mol. The molecule has 0 bridgehead atoms. The van der Waals surface area contributed by atoms with Crippen molar-refractivity contribution in [3.8, 4) is 0 Å². The van der Waals surface area contributed by atoms with Crippen LogP contribution in [0.15, 0.2) is 0 Å². The fourth-order valence-electron chi connectivity index (χ4n) is 1.66. The molecule has 1 amide bonds. The summed E-state index contributed by atoms with van der Waals surface area (Å²) in [5, 5.41) is 2.90. The van der Waals surface area contributed by atoms with Gasteiger partial charge in [-0.2, -0.15) is 0 Å². The highest BCUT2D eigenvalue weighted by Gasteiger charge is 2.28. The quantitative estimate of drug-likeness (QED) is 0.729. The summed E-state index contributed by atoms with van der Waals surface area (Å²) in [6.07, 6.45) is 0.821. The van der Waals surface area contributed by atoms with Gasteiger partial charge in [0, 0.05) is 31.1 Å². The third-order valence-electron chi connectivity index (χ3n) is 2.60. The molecule has 0 saturated carbocycles. The number of carbonyl (C=O) groups excluding carboxylic acids is 1. The molecule has 14 heavy (non-hydrogen) atoms. The number of carbonyl (C=O) groups is 1. The molecule has 1 rings (SSSR count). The van der Waals surface area contributed by atoms with Crippen molar-refractivity contribution < 1.29 is 9.53 Å². The largest absolute Gasteiger partial charge is 0.381 e. The van der Waals surface area contributed by atoms with Gasteiger partial charge >= 0.3 is 0 Å². The first kappa shape index (κ1) is 11.8. The van der Waals surface area contributed by atoms with E-state index in [4.69, 9.17) is 16.3 Å². The molecule has 3 unspecified atom stereocenters. The fraction of sp³-hybridized carbons (Fsp3) is 0.900. The standard InChI is InChI=1S/C10H18ClNO2/c1-7-6-14-4-3-9(7)10(13)12-8(2)5-11/h7-9H,3-6H2,1-2H3,(H,12,13). The van der Waals surface area contributed by atoms with E-state index in [1.807, 2.05) is 6.92 Å². The van der Waals surface area contributed by atoms with E-state index in [2.05, 4.69) is 12.2 Å². The summed E-state index contributed by atoms with van der Waals surface area (Å²) in [7, 11) is 0. The van der Waals surface area contributed by atoms with Gasteiger partial charge in [0.2, 0.25) is 5.91 Å². The highest BCUT2D eigenvalue weighted by atomic mass is 35.5. The van der Waals surface area contributed by atoms with Gasteiger partial charge in [-0.3, -0.25) is 4.79 Å². The number of rotatable bonds is 3. The molecular formula is C10H18ClNO2. The maximum absolute atomic E-state index is 11.8. The van der Waals surface area contributed by atoms with E-state index in [-0.39, 0.29) is 17.9 Å². The van der Waals surface area contributed by atoms with E-state index in [1.165, 1.54) is 0 Å². The molecule has 0 aromatic rings. The van der Waals surface area contributed by atoms with Crippen molar-refractivity contribution in [1.82, 2.24) is 5.32 Å². The maximum Gasteiger partial charge on any atom is 0.223 e. The van der Waals surface area contributed by atoms with Crippen LogP contribution in [0, 0.1) is 11.8 Å².